The highest BCUT2D eigenvalue weighted by atomic mass is 32.2. The number of imidazole rings is 1. The maximum atomic E-state index is 12.3. The lowest BCUT2D eigenvalue weighted by atomic mass is 10.1. The molecule has 0 aliphatic rings. The topological polar surface area (TPSA) is 66.1 Å². The second-order valence-corrected chi connectivity index (χ2v) is 6.59. The van der Waals surface area contributed by atoms with Crippen molar-refractivity contribution in [2.75, 3.05) is 7.05 Å². The number of H-pyrrole nitrogens is 1. The fourth-order valence-corrected chi connectivity index (χ4v) is 2.85. The average Bonchev–Trinajstić information content (AvgIpc) is 2.79. The van der Waals surface area contributed by atoms with Crippen molar-refractivity contribution in [3.8, 4) is 0 Å². The first-order valence-corrected chi connectivity index (χ1v) is 7.37. The predicted molar refractivity (Wildman–Crippen MR) is 73.2 cm³/mol. The lowest BCUT2D eigenvalue weighted by Gasteiger charge is -2.16. The van der Waals surface area contributed by atoms with Gasteiger partial charge in [-0.2, -0.15) is 4.31 Å². The van der Waals surface area contributed by atoms with Crippen LogP contribution in [0.25, 0.3) is 0 Å². The number of hydrogen-bond acceptors (Lipinski definition) is 3. The Morgan fingerprint density at radius 2 is 1.84 bits per heavy atom. The molecule has 1 heterocycles. The molecular formula is C13H17N3O2S. The lowest BCUT2D eigenvalue weighted by molar-refractivity contribution is 0.464. The quantitative estimate of drug-likeness (QED) is 0.928. The van der Waals surface area contributed by atoms with Crippen molar-refractivity contribution < 1.29 is 8.42 Å². The van der Waals surface area contributed by atoms with Gasteiger partial charge in [0.05, 0.1) is 6.20 Å². The Morgan fingerprint density at radius 3 is 2.37 bits per heavy atom. The van der Waals surface area contributed by atoms with Gasteiger partial charge in [0.1, 0.15) is 5.82 Å². The predicted octanol–water partition coefficient (Wildman–Crippen LogP) is 1.85. The molecule has 0 aliphatic carbocycles. The highest BCUT2D eigenvalue weighted by Gasteiger charge is 2.22. The van der Waals surface area contributed by atoms with Gasteiger partial charge < -0.3 is 4.98 Å². The number of benzene rings is 1. The van der Waals surface area contributed by atoms with Crippen LogP contribution >= 0.6 is 0 Å². The second-order valence-electron chi connectivity index (χ2n) is 4.58. The molecule has 0 aliphatic heterocycles. The molecule has 2 rings (SSSR count). The van der Waals surface area contributed by atoms with Crippen LogP contribution in [-0.2, 0) is 16.6 Å². The molecule has 5 nitrogen and oxygen atoms in total. The van der Waals surface area contributed by atoms with Crippen molar-refractivity contribution in [3.05, 3.63) is 47.4 Å². The summed E-state index contributed by atoms with van der Waals surface area (Å²) in [5.74, 6) is 0.585. The summed E-state index contributed by atoms with van der Waals surface area (Å²) in [6.07, 6.45) is 1.34. The number of aryl methyl sites for hydroxylation is 2. The minimum absolute atomic E-state index is 0.125. The zero-order valence-electron chi connectivity index (χ0n) is 11.2. The Balaban J connectivity index is 2.19. The summed E-state index contributed by atoms with van der Waals surface area (Å²) in [5, 5.41) is 0.125. The maximum absolute atomic E-state index is 12.3. The van der Waals surface area contributed by atoms with E-state index in [0.29, 0.717) is 12.4 Å². The highest BCUT2D eigenvalue weighted by Crippen LogP contribution is 2.15. The van der Waals surface area contributed by atoms with Gasteiger partial charge in [-0.05, 0) is 19.4 Å². The average molecular weight is 279 g/mol. The van der Waals surface area contributed by atoms with E-state index in [1.807, 2.05) is 31.2 Å². The smallest absolute Gasteiger partial charge is 0.260 e. The molecule has 102 valence electrons. The van der Waals surface area contributed by atoms with Gasteiger partial charge in [0.25, 0.3) is 10.0 Å². The molecule has 19 heavy (non-hydrogen) atoms. The summed E-state index contributed by atoms with van der Waals surface area (Å²) < 4.78 is 25.9. The highest BCUT2D eigenvalue weighted by molar-refractivity contribution is 7.89. The van der Waals surface area contributed by atoms with Crippen molar-refractivity contribution >= 4 is 10.0 Å². The number of nitrogens with one attached hydrogen (secondary N) is 1. The van der Waals surface area contributed by atoms with Crippen molar-refractivity contribution in [1.82, 2.24) is 14.3 Å². The zero-order valence-corrected chi connectivity index (χ0v) is 12.0. The van der Waals surface area contributed by atoms with E-state index in [4.69, 9.17) is 0 Å². The summed E-state index contributed by atoms with van der Waals surface area (Å²) in [4.78, 5) is 6.67. The van der Waals surface area contributed by atoms with Gasteiger partial charge in [0.15, 0.2) is 5.03 Å². The first kappa shape index (κ1) is 13.8. The normalized spacial score (nSPS) is 12.0. The first-order chi connectivity index (χ1) is 8.89. The fourth-order valence-electron chi connectivity index (χ4n) is 1.73. The molecule has 0 fully saturated rings. The van der Waals surface area contributed by atoms with Gasteiger partial charge >= 0.3 is 0 Å². The summed E-state index contributed by atoms with van der Waals surface area (Å²) >= 11 is 0. The van der Waals surface area contributed by atoms with Crippen LogP contribution in [0, 0.1) is 13.8 Å². The summed E-state index contributed by atoms with van der Waals surface area (Å²) in [5.41, 5.74) is 2.10. The molecular weight excluding hydrogens is 262 g/mol. The Labute approximate surface area is 113 Å². The first-order valence-electron chi connectivity index (χ1n) is 5.93. The van der Waals surface area contributed by atoms with Crippen LogP contribution in [0.2, 0.25) is 0 Å². The minimum atomic E-state index is -3.51. The van der Waals surface area contributed by atoms with E-state index >= 15 is 0 Å². The molecule has 0 radical (unpaired) electrons. The van der Waals surface area contributed by atoms with Gasteiger partial charge in [0.2, 0.25) is 0 Å². The Hall–Kier alpha value is -1.66. The number of nitrogens with zero attached hydrogens (tertiary/aromatic N) is 2. The monoisotopic (exact) mass is 279 g/mol. The molecule has 0 saturated heterocycles. The van der Waals surface area contributed by atoms with Gasteiger partial charge in [0, 0.05) is 13.6 Å². The Bertz CT molecular complexity index is 659. The van der Waals surface area contributed by atoms with Crippen LogP contribution in [0.3, 0.4) is 0 Å². The van der Waals surface area contributed by atoms with E-state index < -0.39 is 10.0 Å². The molecule has 2 aromatic rings. The zero-order chi connectivity index (χ0) is 14.0. The van der Waals surface area contributed by atoms with Gasteiger partial charge in [-0.1, -0.05) is 29.8 Å². The molecule has 0 unspecified atom stereocenters. The van der Waals surface area contributed by atoms with E-state index in [1.165, 1.54) is 10.5 Å². The number of hydrogen-bond donors (Lipinski definition) is 1. The maximum Gasteiger partial charge on any atom is 0.260 e. The Kier molecular flexibility index (Phi) is 3.73. The lowest BCUT2D eigenvalue weighted by Crippen LogP contribution is -2.26. The summed E-state index contributed by atoms with van der Waals surface area (Å²) in [6.45, 7) is 4.05. The van der Waals surface area contributed by atoms with E-state index in [-0.39, 0.29) is 5.03 Å². The van der Waals surface area contributed by atoms with Crippen LogP contribution in [0.5, 0.6) is 0 Å². The second kappa shape index (κ2) is 5.14. The van der Waals surface area contributed by atoms with Gasteiger partial charge in [-0.15, -0.1) is 0 Å². The minimum Gasteiger partial charge on any atom is -0.332 e. The third kappa shape index (κ3) is 3.02. The molecule has 6 heteroatoms. The van der Waals surface area contributed by atoms with Crippen LogP contribution < -0.4 is 0 Å². The van der Waals surface area contributed by atoms with Crippen LogP contribution in [-0.4, -0.2) is 29.7 Å². The van der Waals surface area contributed by atoms with Crippen LogP contribution in [0.15, 0.2) is 35.5 Å². The molecule has 0 spiro atoms. The van der Waals surface area contributed by atoms with E-state index in [2.05, 4.69) is 9.97 Å². The number of aromatic nitrogens is 2. The SMILES string of the molecule is Cc1ccc(CN(C)S(=O)(=O)c2cnc(C)[nH]2)cc1. The molecule has 1 N–H and O–H groups in total. The largest absolute Gasteiger partial charge is 0.332 e. The fraction of sp³-hybridized carbons (Fsp3) is 0.308. The molecule has 0 saturated carbocycles. The number of sulfonamides is 1. The molecule has 1 aromatic heterocycles. The van der Waals surface area contributed by atoms with Crippen molar-refractivity contribution in [2.24, 2.45) is 0 Å². The van der Waals surface area contributed by atoms with E-state index in [0.717, 1.165) is 11.1 Å². The van der Waals surface area contributed by atoms with Crippen molar-refractivity contribution in [3.63, 3.8) is 0 Å². The number of aromatic amines is 1. The van der Waals surface area contributed by atoms with E-state index in [9.17, 15) is 8.42 Å². The summed E-state index contributed by atoms with van der Waals surface area (Å²) in [7, 11) is -1.95. The van der Waals surface area contributed by atoms with Crippen molar-refractivity contribution in [1.29, 1.82) is 0 Å². The standard InChI is InChI=1S/C13H17N3O2S/c1-10-4-6-12(7-5-10)9-16(3)19(17,18)13-8-14-11(2)15-13/h4-8H,9H2,1-3H3,(H,14,15). The van der Waals surface area contributed by atoms with E-state index in [1.54, 1.807) is 14.0 Å². The van der Waals surface area contributed by atoms with Gasteiger partial charge in [-0.25, -0.2) is 13.4 Å². The third-order valence-electron chi connectivity index (χ3n) is 2.89. The summed E-state index contributed by atoms with van der Waals surface area (Å²) in [6, 6.07) is 7.80. The third-order valence-corrected chi connectivity index (χ3v) is 4.61. The number of rotatable bonds is 4. The molecule has 1 aromatic carbocycles. The molecule has 0 atom stereocenters. The van der Waals surface area contributed by atoms with Crippen molar-refractivity contribution in [2.45, 2.75) is 25.4 Å². The Morgan fingerprint density at radius 1 is 1.21 bits per heavy atom. The van der Waals surface area contributed by atoms with Crippen LogP contribution in [0.4, 0.5) is 0 Å². The molecule has 0 amide bonds. The molecule has 0 bridgehead atoms. The van der Waals surface area contributed by atoms with Crippen LogP contribution in [0.1, 0.15) is 17.0 Å². The van der Waals surface area contributed by atoms with Gasteiger partial charge in [-0.3, -0.25) is 0 Å².